The minimum Gasteiger partial charge on any atom is -0.491 e. The average molecular weight is 397 g/mol. The number of nitrogens with zero attached hydrogens (tertiary/aromatic N) is 1. The zero-order valence-electron chi connectivity index (χ0n) is 16.8. The van der Waals surface area contributed by atoms with Gasteiger partial charge in [-0.05, 0) is 36.1 Å². The van der Waals surface area contributed by atoms with E-state index in [9.17, 15) is 9.59 Å². The molecule has 2 aromatic rings. The summed E-state index contributed by atoms with van der Waals surface area (Å²) in [5.41, 5.74) is 1.51. The molecule has 6 nitrogen and oxygen atoms in total. The maximum atomic E-state index is 12.6. The zero-order valence-corrected chi connectivity index (χ0v) is 16.8. The van der Waals surface area contributed by atoms with Gasteiger partial charge >= 0.3 is 5.97 Å². The predicted molar refractivity (Wildman–Crippen MR) is 110 cm³/mol. The first-order valence-electron chi connectivity index (χ1n) is 9.59. The Labute approximate surface area is 171 Å². The molecule has 0 saturated heterocycles. The fourth-order valence-corrected chi connectivity index (χ4v) is 2.74. The van der Waals surface area contributed by atoms with E-state index in [1.165, 1.54) is 6.20 Å². The van der Waals surface area contributed by atoms with Crippen LogP contribution in [0.2, 0.25) is 0 Å². The minimum atomic E-state index is -0.693. The number of Topliss-reactive ketones (excluding diaryl/α,β-unsaturated/α-hetero) is 1. The summed E-state index contributed by atoms with van der Waals surface area (Å²) < 4.78 is 11.3. The molecular weight excluding hydrogens is 370 g/mol. The van der Waals surface area contributed by atoms with Crippen molar-refractivity contribution in [2.45, 2.75) is 32.8 Å². The van der Waals surface area contributed by atoms with Crippen molar-refractivity contribution in [1.29, 1.82) is 0 Å². The fourth-order valence-electron chi connectivity index (χ4n) is 2.74. The molecular formula is C23H27NO5. The van der Waals surface area contributed by atoms with Crippen LogP contribution in [-0.4, -0.2) is 35.1 Å². The normalized spacial score (nSPS) is 11.7. The molecule has 1 N–H and O–H groups in total. The largest absolute Gasteiger partial charge is 0.491 e. The second kappa shape index (κ2) is 11.1. The van der Waals surface area contributed by atoms with Gasteiger partial charge in [0.15, 0.2) is 5.78 Å². The van der Waals surface area contributed by atoms with Crippen LogP contribution in [0.15, 0.2) is 60.9 Å². The highest BCUT2D eigenvalue weighted by molar-refractivity contribution is 5.95. The van der Waals surface area contributed by atoms with E-state index in [0.29, 0.717) is 22.4 Å². The third-order valence-electron chi connectivity index (χ3n) is 4.45. The smallest absolute Gasteiger partial charge is 0.340 e. The molecule has 154 valence electrons. The molecule has 6 heteroatoms. The second-order valence-corrected chi connectivity index (χ2v) is 6.89. The Morgan fingerprint density at radius 2 is 1.93 bits per heavy atom. The number of aliphatic hydroxyl groups excluding tert-OH is 1. The number of rotatable bonds is 11. The van der Waals surface area contributed by atoms with Gasteiger partial charge in [-0.3, -0.25) is 9.78 Å². The first-order valence-corrected chi connectivity index (χ1v) is 9.59. The average Bonchev–Trinajstić information content (AvgIpc) is 2.75. The molecule has 0 spiro atoms. The number of carbonyl (C=O) groups excluding carboxylic acids is 2. The maximum Gasteiger partial charge on any atom is 0.340 e. The molecule has 2 rings (SSSR count). The second-order valence-electron chi connectivity index (χ2n) is 6.89. The van der Waals surface area contributed by atoms with E-state index in [-0.39, 0.29) is 37.8 Å². The highest BCUT2D eigenvalue weighted by Crippen LogP contribution is 2.32. The van der Waals surface area contributed by atoms with Crippen molar-refractivity contribution in [3.63, 3.8) is 0 Å². The van der Waals surface area contributed by atoms with Crippen molar-refractivity contribution in [3.05, 3.63) is 72.1 Å². The molecule has 0 unspecified atom stereocenters. The number of ketones is 1. The van der Waals surface area contributed by atoms with Gasteiger partial charge < -0.3 is 14.6 Å². The first-order chi connectivity index (χ1) is 13.9. The molecule has 1 aromatic carbocycles. The van der Waals surface area contributed by atoms with Crippen LogP contribution in [0, 0.1) is 5.92 Å². The van der Waals surface area contributed by atoms with Crippen LogP contribution < -0.4 is 4.74 Å². The number of aliphatic hydroxyl groups is 1. The number of hydrogen-bond acceptors (Lipinski definition) is 6. The van der Waals surface area contributed by atoms with E-state index in [1.54, 1.807) is 42.6 Å². The molecule has 1 aromatic heterocycles. The lowest BCUT2D eigenvalue weighted by Crippen LogP contribution is -2.16. The molecule has 0 radical (unpaired) electrons. The lowest BCUT2D eigenvalue weighted by Gasteiger charge is -2.21. The number of pyridine rings is 1. The summed E-state index contributed by atoms with van der Waals surface area (Å²) in [5, 5.41) is 9.07. The van der Waals surface area contributed by atoms with E-state index in [1.807, 2.05) is 13.8 Å². The molecule has 1 heterocycles. The zero-order chi connectivity index (χ0) is 21.2. The molecule has 29 heavy (non-hydrogen) atoms. The molecule has 0 aliphatic heterocycles. The van der Waals surface area contributed by atoms with Gasteiger partial charge in [-0.2, -0.15) is 0 Å². The van der Waals surface area contributed by atoms with Crippen LogP contribution in [0.4, 0.5) is 0 Å². The van der Waals surface area contributed by atoms with Crippen LogP contribution in [0.5, 0.6) is 5.75 Å². The number of carbonyl (C=O) groups is 2. The topological polar surface area (TPSA) is 85.7 Å². The van der Waals surface area contributed by atoms with Crippen LogP contribution in [0.25, 0.3) is 0 Å². The van der Waals surface area contributed by atoms with Gasteiger partial charge in [-0.25, -0.2) is 4.79 Å². The lowest BCUT2D eigenvalue weighted by atomic mass is 9.95. The van der Waals surface area contributed by atoms with Crippen molar-refractivity contribution in [2.75, 3.05) is 13.2 Å². The molecule has 1 atom stereocenters. The highest BCUT2D eigenvalue weighted by atomic mass is 16.5. The molecule has 0 saturated carbocycles. The van der Waals surface area contributed by atoms with E-state index < -0.39 is 12.1 Å². The van der Waals surface area contributed by atoms with E-state index in [2.05, 4.69) is 11.6 Å². The van der Waals surface area contributed by atoms with Gasteiger partial charge in [-0.15, -0.1) is 0 Å². The van der Waals surface area contributed by atoms with Crippen molar-refractivity contribution >= 4 is 11.8 Å². The van der Waals surface area contributed by atoms with Gasteiger partial charge in [0.25, 0.3) is 0 Å². The Bertz CT molecular complexity index is 832. The molecule has 0 amide bonds. The van der Waals surface area contributed by atoms with Crippen LogP contribution >= 0.6 is 0 Å². The molecule has 0 aliphatic carbocycles. The first kappa shape index (κ1) is 22.3. The summed E-state index contributed by atoms with van der Waals surface area (Å²) in [6.45, 7) is 7.66. The predicted octanol–water partition coefficient (Wildman–Crippen LogP) is 3.91. The van der Waals surface area contributed by atoms with Crippen LogP contribution in [0.3, 0.4) is 0 Å². The fraction of sp³-hybridized carbons (Fsp3) is 0.348. The van der Waals surface area contributed by atoms with E-state index in [0.717, 1.165) is 0 Å². The maximum absolute atomic E-state index is 12.6. The number of para-hydroxylation sites is 1. The minimum absolute atomic E-state index is 0.0547. The summed E-state index contributed by atoms with van der Waals surface area (Å²) >= 11 is 0. The van der Waals surface area contributed by atoms with Crippen molar-refractivity contribution in [1.82, 2.24) is 4.98 Å². The van der Waals surface area contributed by atoms with Gasteiger partial charge in [-0.1, -0.05) is 38.6 Å². The Morgan fingerprint density at radius 1 is 1.17 bits per heavy atom. The van der Waals surface area contributed by atoms with Gasteiger partial charge in [0.1, 0.15) is 18.5 Å². The van der Waals surface area contributed by atoms with Gasteiger partial charge in [0, 0.05) is 24.4 Å². The number of allylic oxidation sites excluding steroid dienone is 1. The number of aromatic nitrogens is 1. The Balaban J connectivity index is 2.24. The van der Waals surface area contributed by atoms with Crippen LogP contribution in [0.1, 0.15) is 48.7 Å². The monoisotopic (exact) mass is 397 g/mol. The Hall–Kier alpha value is -2.99. The summed E-state index contributed by atoms with van der Waals surface area (Å²) in [6.07, 6.45) is 2.79. The molecule has 0 bridgehead atoms. The van der Waals surface area contributed by atoms with Gasteiger partial charge in [0.2, 0.25) is 0 Å². The van der Waals surface area contributed by atoms with Crippen molar-refractivity contribution in [2.24, 2.45) is 5.92 Å². The Morgan fingerprint density at radius 3 is 2.59 bits per heavy atom. The number of ether oxygens (including phenoxy) is 2. The third kappa shape index (κ3) is 6.54. The SMILES string of the molecule is C=C(C(=O)CC[C@H](OC(=O)c1cccnc1)c1ccccc1OCCO)C(C)C. The highest BCUT2D eigenvalue weighted by Gasteiger charge is 2.23. The van der Waals surface area contributed by atoms with Crippen molar-refractivity contribution in [3.8, 4) is 5.75 Å². The summed E-state index contributed by atoms with van der Waals surface area (Å²) in [5.74, 6) is -0.0360. The summed E-state index contributed by atoms with van der Waals surface area (Å²) in [6, 6.07) is 10.4. The number of benzene rings is 1. The molecule has 0 aliphatic rings. The number of esters is 1. The summed E-state index contributed by atoms with van der Waals surface area (Å²) in [7, 11) is 0. The number of hydrogen-bond donors (Lipinski definition) is 1. The van der Waals surface area contributed by atoms with E-state index in [4.69, 9.17) is 14.6 Å². The lowest BCUT2D eigenvalue weighted by molar-refractivity contribution is -0.116. The quantitative estimate of drug-likeness (QED) is 0.457. The van der Waals surface area contributed by atoms with Gasteiger partial charge in [0.05, 0.1) is 12.2 Å². The standard InChI is InChI=1S/C23H27NO5/c1-16(2)17(3)20(26)10-11-22(29-23(27)18-7-6-12-24-15-18)19-8-4-5-9-21(19)28-14-13-25/h4-9,12,15-16,22,25H,3,10-11,13-14H2,1-2H3/t22-/m0/s1. The Kier molecular flexibility index (Phi) is 8.55. The van der Waals surface area contributed by atoms with Crippen LogP contribution in [-0.2, 0) is 9.53 Å². The van der Waals surface area contributed by atoms with Crippen molar-refractivity contribution < 1.29 is 24.2 Å². The summed E-state index contributed by atoms with van der Waals surface area (Å²) in [4.78, 5) is 29.0. The van der Waals surface area contributed by atoms with E-state index >= 15 is 0 Å². The third-order valence-corrected chi connectivity index (χ3v) is 4.45. The molecule has 0 fully saturated rings.